The maximum absolute atomic E-state index is 9.66. The fraction of sp³-hybridized carbons (Fsp3) is 0.0667. The molecule has 1 heteroatoms. The van der Waals surface area contributed by atoms with E-state index >= 15 is 0 Å². The average Bonchev–Trinajstić information content (AvgIpc) is 4.15. The zero-order valence-corrected chi connectivity index (χ0v) is 22.9. The van der Waals surface area contributed by atoms with E-state index in [0.717, 1.165) is 0 Å². The highest BCUT2D eigenvalue weighted by atomic mass is 16.3. The average molecular weight is 617 g/mol. The molecule has 46 heavy (non-hydrogen) atoms. The number of rotatable bonds is 2. The zero-order valence-electron chi connectivity index (χ0n) is 52.9. The lowest BCUT2D eigenvalue weighted by Gasteiger charge is -2.26. The van der Waals surface area contributed by atoms with Crippen LogP contribution >= 0.6 is 0 Å². The third-order valence-electron chi connectivity index (χ3n) is 8.14. The lowest BCUT2D eigenvalue weighted by Crippen LogP contribution is -2.16. The highest BCUT2D eigenvalue weighted by Gasteiger charge is 2.38. The summed E-state index contributed by atoms with van der Waals surface area (Å²) in [7, 11) is 0. The van der Waals surface area contributed by atoms with Crippen LogP contribution in [0.25, 0.3) is 87.6 Å². The number of hydrogen-bond acceptors (Lipinski definition) is 1. The Hall–Kier alpha value is -5.66. The third-order valence-corrected chi connectivity index (χ3v) is 8.14. The van der Waals surface area contributed by atoms with Crippen molar-refractivity contribution in [1.29, 1.82) is 0 Å². The van der Waals surface area contributed by atoms with Crippen molar-refractivity contribution in [2.75, 3.05) is 0 Å². The molecule has 216 valence electrons. The van der Waals surface area contributed by atoms with E-state index in [9.17, 15) is 13.7 Å². The molecule has 0 radical (unpaired) electrons. The highest BCUT2D eigenvalue weighted by molar-refractivity contribution is 6.26. The Balaban J connectivity index is 1.60. The lowest BCUT2D eigenvalue weighted by atomic mass is 9.76. The SMILES string of the molecule is [2H]c1c([2H])c([2H])c2c(c1[2H])-c1c([2H])c([2H])c([2H])c(-c3c4c([2H])c([2H])c([2H])c([2H])c4c(-c4c([2H])c([2H])c([2H])c5oc6c([2H])c7c([2H])c([2H])c([2H])c([2H])c7c([2H])c6c45)c4c([2H])c([2H])c([2H])c([2H])c34)c1C2(C([2H])([2H])[2H])C([2H])([2H])[2H]. The van der Waals surface area contributed by atoms with E-state index in [-0.39, 0.29) is 0 Å². The Morgan fingerprint density at radius 2 is 1.02 bits per heavy atom. The minimum absolute atomic E-state index is 0.525. The van der Waals surface area contributed by atoms with Gasteiger partial charge in [-0.05, 0) is 95.0 Å². The van der Waals surface area contributed by atoms with E-state index in [4.69, 9.17) is 31.8 Å². The van der Waals surface area contributed by atoms with Crippen molar-refractivity contribution in [3.05, 3.63) is 156 Å². The first-order valence-corrected chi connectivity index (χ1v) is 13.7. The summed E-state index contributed by atoms with van der Waals surface area (Å²) in [4.78, 5) is 0. The molecule has 8 aromatic carbocycles. The van der Waals surface area contributed by atoms with Crippen molar-refractivity contribution in [1.82, 2.24) is 0 Å². The van der Waals surface area contributed by atoms with Gasteiger partial charge in [-0.15, -0.1) is 0 Å². The fourth-order valence-corrected chi connectivity index (χ4v) is 6.29. The van der Waals surface area contributed by atoms with Gasteiger partial charge < -0.3 is 4.42 Å². The minimum atomic E-state index is -4.01. The van der Waals surface area contributed by atoms with Crippen LogP contribution in [-0.4, -0.2) is 0 Å². The van der Waals surface area contributed by atoms with Gasteiger partial charge >= 0.3 is 0 Å². The minimum Gasteiger partial charge on any atom is -0.456 e. The fourth-order valence-electron chi connectivity index (χ4n) is 6.29. The van der Waals surface area contributed by atoms with Crippen molar-refractivity contribution in [2.45, 2.75) is 19.1 Å². The van der Waals surface area contributed by atoms with Crippen LogP contribution in [0.15, 0.2) is 149 Å². The summed E-state index contributed by atoms with van der Waals surface area (Å²) in [6.45, 7) is -8.02. The lowest BCUT2D eigenvalue weighted by molar-refractivity contribution is 0.662. The number of furan rings is 1. The molecule has 1 aromatic heterocycles. The first-order valence-electron chi connectivity index (χ1n) is 28.7. The number of fused-ring (bicyclic) bond motifs is 9. The van der Waals surface area contributed by atoms with Crippen LogP contribution in [0.1, 0.15) is 66.0 Å². The topological polar surface area (TPSA) is 13.1 Å². The van der Waals surface area contributed by atoms with Gasteiger partial charge in [0.15, 0.2) is 0 Å². The quantitative estimate of drug-likeness (QED) is 0.176. The maximum atomic E-state index is 9.66. The summed E-state index contributed by atoms with van der Waals surface area (Å²) in [5.74, 6) is 0. The van der Waals surface area contributed by atoms with Crippen LogP contribution in [0.2, 0.25) is 0 Å². The molecule has 1 heterocycles. The molecule has 0 saturated carbocycles. The van der Waals surface area contributed by atoms with Crippen LogP contribution < -0.4 is 0 Å². The van der Waals surface area contributed by atoms with E-state index < -0.39 is 263 Å². The van der Waals surface area contributed by atoms with Gasteiger partial charge in [0.1, 0.15) is 11.2 Å². The molecule has 1 aliphatic carbocycles. The molecule has 0 fully saturated rings. The standard InChI is InChI=1S/C45H30O/c1-45(2)38-23-10-9-15-29(38)34-20-11-22-36(44(34)45)42-32-18-7-5-16-30(32)41(31-17-6-8-19-33(31)42)35-21-12-24-39-43(35)37-25-27-13-3-4-14-28(27)26-40(37)46-39/h3-26H,1-2H3/i1D3,2D3,3D,4D,5D,6D,7D,8D,9D,10D,11D,12D,13D,14D,15D,16D,17D,18D,19D,20D,21D,22D,23D,24D,25D,26D. The number of benzene rings is 8. The molecule has 1 nitrogen and oxygen atoms in total. The summed E-state index contributed by atoms with van der Waals surface area (Å²) >= 11 is 0. The maximum Gasteiger partial charge on any atom is 0.136 e. The Morgan fingerprint density at radius 1 is 0.478 bits per heavy atom. The van der Waals surface area contributed by atoms with E-state index in [0.29, 0.717) is 0 Å². The zero-order chi connectivity index (χ0) is 56.5. The van der Waals surface area contributed by atoms with Gasteiger partial charge in [-0.1, -0.05) is 141 Å². The van der Waals surface area contributed by atoms with E-state index in [1.165, 1.54) is 0 Å². The van der Waals surface area contributed by atoms with Crippen molar-refractivity contribution in [2.24, 2.45) is 0 Å². The van der Waals surface area contributed by atoms with Crippen LogP contribution in [0.4, 0.5) is 0 Å². The monoisotopic (exact) mass is 616 g/mol. The third kappa shape index (κ3) is 3.35. The number of hydrogen-bond donors (Lipinski definition) is 0. The van der Waals surface area contributed by atoms with E-state index in [2.05, 4.69) is 0 Å². The Labute approximate surface area is 309 Å². The van der Waals surface area contributed by atoms with E-state index in [1.807, 2.05) is 0 Å². The van der Waals surface area contributed by atoms with Crippen LogP contribution in [0.3, 0.4) is 0 Å². The molecule has 0 bridgehead atoms. The smallest absolute Gasteiger partial charge is 0.136 e. The Bertz CT molecular complexity index is 4200. The van der Waals surface area contributed by atoms with Gasteiger partial charge in [0.05, 0.1) is 32.9 Å². The van der Waals surface area contributed by atoms with Gasteiger partial charge in [-0.25, -0.2) is 0 Å². The van der Waals surface area contributed by atoms with Crippen molar-refractivity contribution >= 4 is 54.3 Å². The molecule has 0 amide bonds. The molecule has 0 N–H and O–H groups in total. The molecule has 0 aliphatic heterocycles. The molecule has 10 rings (SSSR count). The first-order chi connectivity index (χ1) is 35.1. The summed E-state index contributed by atoms with van der Waals surface area (Å²) in [5.41, 5.74) is -13.0. The summed E-state index contributed by atoms with van der Waals surface area (Å²) in [6.07, 6.45) is 0. The van der Waals surface area contributed by atoms with Gasteiger partial charge in [0.25, 0.3) is 0 Å². The molecular formula is C45H30O. The highest BCUT2D eigenvalue weighted by Crippen LogP contribution is 2.55. The molecule has 0 atom stereocenters. The van der Waals surface area contributed by atoms with Crippen molar-refractivity contribution in [3.63, 3.8) is 0 Å². The van der Waals surface area contributed by atoms with Crippen LogP contribution in [0.5, 0.6) is 0 Å². The van der Waals surface area contributed by atoms with E-state index in [1.54, 1.807) is 0 Å². The first kappa shape index (κ1) is 9.92. The van der Waals surface area contributed by atoms with Gasteiger partial charge in [-0.2, -0.15) is 0 Å². The second kappa shape index (κ2) is 9.19. The van der Waals surface area contributed by atoms with Gasteiger partial charge in [0.2, 0.25) is 0 Å². The van der Waals surface area contributed by atoms with Gasteiger partial charge in [0, 0.05) is 24.4 Å². The molecular weight excluding hydrogens is 556 g/mol. The largest absolute Gasteiger partial charge is 0.456 e. The Kier molecular flexibility index (Phi) is 1.98. The molecule has 0 saturated heterocycles. The predicted octanol–water partition coefficient (Wildman–Crippen LogP) is 12.7. The second-order valence-corrected chi connectivity index (χ2v) is 10.5. The summed E-state index contributed by atoms with van der Waals surface area (Å²) < 4.78 is 279. The molecule has 0 spiro atoms. The normalized spacial score (nSPS) is 23.4. The van der Waals surface area contributed by atoms with Crippen LogP contribution in [0, 0.1) is 0 Å². The van der Waals surface area contributed by atoms with Crippen molar-refractivity contribution in [3.8, 4) is 33.4 Å². The predicted molar refractivity (Wildman–Crippen MR) is 195 cm³/mol. The van der Waals surface area contributed by atoms with Crippen LogP contribution in [-0.2, 0) is 5.41 Å². The van der Waals surface area contributed by atoms with Gasteiger partial charge in [-0.3, -0.25) is 0 Å². The molecule has 9 aromatic rings. The summed E-state index contributed by atoms with van der Waals surface area (Å²) in [6, 6.07) is -24.9. The molecule has 1 aliphatic rings. The van der Waals surface area contributed by atoms with Crippen molar-refractivity contribution < 1.29 is 45.5 Å². The second-order valence-electron chi connectivity index (χ2n) is 10.5. The Morgan fingerprint density at radius 3 is 1.74 bits per heavy atom. The summed E-state index contributed by atoms with van der Waals surface area (Å²) in [5, 5.41) is -5.94. The molecule has 0 unspecified atom stereocenters.